The predicted molar refractivity (Wildman–Crippen MR) is 123 cm³/mol. The van der Waals surface area contributed by atoms with Gasteiger partial charge in [-0.3, -0.25) is 14.4 Å². The van der Waals surface area contributed by atoms with Crippen molar-refractivity contribution in [2.75, 3.05) is 12.0 Å². The fourth-order valence-electron chi connectivity index (χ4n) is 2.90. The molecule has 33 heavy (non-hydrogen) atoms. The van der Waals surface area contributed by atoms with Crippen LogP contribution in [0.15, 0.2) is 12.5 Å². The van der Waals surface area contributed by atoms with Crippen LogP contribution in [0.25, 0.3) is 0 Å². The Bertz CT molecular complexity index is 788. The second-order valence-electron chi connectivity index (χ2n) is 8.03. The maximum atomic E-state index is 13.1. The Balaban J connectivity index is 2.99. The van der Waals surface area contributed by atoms with E-state index in [4.69, 9.17) is 5.73 Å². The molecule has 0 saturated heterocycles. The molecule has 5 atom stereocenters. The summed E-state index contributed by atoms with van der Waals surface area (Å²) >= 11 is 1.54. The number of carboxylic acids is 1. The maximum absolute atomic E-state index is 13.1. The molecule has 0 radical (unpaired) electrons. The second-order valence-corrected chi connectivity index (χ2v) is 9.01. The summed E-state index contributed by atoms with van der Waals surface area (Å²) in [5.74, 6) is -3.06. The number of nitrogens with one attached hydrogen (secondary N) is 4. The molecule has 186 valence electrons. The Labute approximate surface area is 196 Å². The second kappa shape index (κ2) is 13.8. The van der Waals surface area contributed by atoms with Gasteiger partial charge in [0, 0.05) is 18.3 Å². The molecule has 5 unspecified atom stereocenters. The van der Waals surface area contributed by atoms with Crippen molar-refractivity contribution < 1.29 is 29.4 Å². The van der Waals surface area contributed by atoms with Crippen LogP contribution in [0.2, 0.25) is 0 Å². The first-order chi connectivity index (χ1) is 15.5. The average molecular weight is 487 g/mol. The molecular formula is C20H34N6O6S. The van der Waals surface area contributed by atoms with E-state index in [-0.39, 0.29) is 6.42 Å². The van der Waals surface area contributed by atoms with Crippen molar-refractivity contribution in [1.82, 2.24) is 25.9 Å². The van der Waals surface area contributed by atoms with Gasteiger partial charge in [-0.2, -0.15) is 11.8 Å². The Hall–Kier alpha value is -2.64. The normalized spacial score (nSPS) is 15.7. The lowest BCUT2D eigenvalue weighted by molar-refractivity contribution is -0.145. The third kappa shape index (κ3) is 9.40. The minimum atomic E-state index is -1.54. The molecule has 13 heteroatoms. The van der Waals surface area contributed by atoms with Crippen LogP contribution in [-0.4, -0.2) is 86.2 Å². The number of thioether (sulfide) groups is 1. The molecule has 12 nitrogen and oxygen atoms in total. The molecule has 3 amide bonds. The number of aromatic amines is 1. The number of nitrogens with zero attached hydrogens (tertiary/aromatic N) is 1. The van der Waals surface area contributed by atoms with Gasteiger partial charge < -0.3 is 36.9 Å². The summed E-state index contributed by atoms with van der Waals surface area (Å²) in [6, 6.07) is -4.50. The largest absolute Gasteiger partial charge is 0.480 e. The van der Waals surface area contributed by atoms with Gasteiger partial charge in [0.15, 0.2) is 6.04 Å². The molecule has 8 N–H and O–H groups in total. The number of amides is 3. The Morgan fingerprint density at radius 3 is 2.21 bits per heavy atom. The molecule has 0 aliphatic rings. The highest BCUT2D eigenvalue weighted by Gasteiger charge is 2.33. The van der Waals surface area contributed by atoms with Gasteiger partial charge >= 0.3 is 5.97 Å². The van der Waals surface area contributed by atoms with E-state index in [1.165, 1.54) is 19.4 Å². The fourth-order valence-corrected chi connectivity index (χ4v) is 3.39. The number of hydrogen-bond acceptors (Lipinski definition) is 8. The first-order valence-corrected chi connectivity index (χ1v) is 11.9. The molecule has 1 rings (SSSR count). The minimum absolute atomic E-state index is 0.0741. The number of nitrogens with two attached hydrogens (primary N) is 1. The topological polar surface area (TPSA) is 200 Å². The van der Waals surface area contributed by atoms with Gasteiger partial charge in [-0.1, -0.05) is 13.8 Å². The number of H-pyrrole nitrogens is 1. The number of imidazole rings is 1. The van der Waals surface area contributed by atoms with Crippen LogP contribution in [0.3, 0.4) is 0 Å². The number of carboxylic acid groups (broad SMARTS) is 1. The van der Waals surface area contributed by atoms with Gasteiger partial charge in [-0.15, -0.1) is 0 Å². The number of carbonyl (C=O) groups excluding carboxylic acids is 3. The number of rotatable bonds is 14. The maximum Gasteiger partial charge on any atom is 0.328 e. The van der Waals surface area contributed by atoms with Crippen molar-refractivity contribution >= 4 is 35.5 Å². The summed E-state index contributed by atoms with van der Waals surface area (Å²) in [4.78, 5) is 56.3. The summed E-state index contributed by atoms with van der Waals surface area (Å²) in [5, 5.41) is 26.3. The third-order valence-corrected chi connectivity index (χ3v) is 5.52. The van der Waals surface area contributed by atoms with E-state index < -0.39 is 59.9 Å². The molecule has 1 aromatic rings. The number of aromatic nitrogens is 2. The molecule has 0 fully saturated rings. The molecular weight excluding hydrogens is 452 g/mol. The number of carbonyl (C=O) groups is 4. The van der Waals surface area contributed by atoms with Crippen LogP contribution in [-0.2, 0) is 25.6 Å². The lowest BCUT2D eigenvalue weighted by Gasteiger charge is -2.27. The van der Waals surface area contributed by atoms with E-state index in [2.05, 4.69) is 25.9 Å². The highest BCUT2D eigenvalue weighted by molar-refractivity contribution is 7.98. The van der Waals surface area contributed by atoms with E-state index in [0.717, 1.165) is 0 Å². The van der Waals surface area contributed by atoms with E-state index in [9.17, 15) is 29.4 Å². The summed E-state index contributed by atoms with van der Waals surface area (Å²) in [6.07, 6.45) is 3.99. The van der Waals surface area contributed by atoms with Crippen molar-refractivity contribution in [2.45, 2.75) is 63.9 Å². The third-order valence-electron chi connectivity index (χ3n) is 4.87. The van der Waals surface area contributed by atoms with Crippen molar-refractivity contribution in [3.63, 3.8) is 0 Å². The highest BCUT2D eigenvalue weighted by Crippen LogP contribution is 2.07. The lowest BCUT2D eigenvalue weighted by Crippen LogP contribution is -2.60. The van der Waals surface area contributed by atoms with Gasteiger partial charge in [-0.05, 0) is 31.3 Å². The van der Waals surface area contributed by atoms with Crippen LogP contribution in [0.4, 0.5) is 0 Å². The summed E-state index contributed by atoms with van der Waals surface area (Å²) in [7, 11) is 0. The van der Waals surface area contributed by atoms with Gasteiger partial charge in [0.2, 0.25) is 17.7 Å². The van der Waals surface area contributed by atoms with Crippen LogP contribution >= 0.6 is 11.8 Å². The summed E-state index contributed by atoms with van der Waals surface area (Å²) in [5.41, 5.74) is 6.50. The number of aliphatic carboxylic acids is 1. The molecule has 0 bridgehead atoms. The fraction of sp³-hybridized carbons (Fsp3) is 0.650. The van der Waals surface area contributed by atoms with E-state index in [1.807, 2.05) is 6.26 Å². The standard InChI is InChI=1S/C20H34N6O6S/c1-10(2)15(19(30)26-16(11(3)27)20(31)32)25-18(29)14(7-12-8-22-9-23-12)24-17(28)13(21)5-6-33-4/h8-11,13-16,27H,5-7,21H2,1-4H3,(H,22,23)(H,24,28)(H,25,29)(H,26,30)(H,31,32). The average Bonchev–Trinajstić information content (AvgIpc) is 3.25. The SMILES string of the molecule is CSCCC(N)C(=O)NC(Cc1cnc[nH]1)C(=O)NC(C(=O)NC(C(=O)O)C(C)O)C(C)C. The Morgan fingerprint density at radius 2 is 1.73 bits per heavy atom. The van der Waals surface area contributed by atoms with Gasteiger partial charge in [0.1, 0.15) is 12.1 Å². The Morgan fingerprint density at radius 1 is 1.09 bits per heavy atom. The van der Waals surface area contributed by atoms with Crippen LogP contribution in [0, 0.1) is 5.92 Å². The van der Waals surface area contributed by atoms with Gasteiger partial charge in [0.05, 0.1) is 18.5 Å². The smallest absolute Gasteiger partial charge is 0.328 e. The molecule has 0 aliphatic carbocycles. The lowest BCUT2D eigenvalue weighted by atomic mass is 10.0. The summed E-state index contributed by atoms with van der Waals surface area (Å²) < 4.78 is 0. The quantitative estimate of drug-likeness (QED) is 0.165. The summed E-state index contributed by atoms with van der Waals surface area (Å²) in [6.45, 7) is 4.57. The number of aliphatic hydroxyl groups excluding tert-OH is 1. The number of aliphatic hydroxyl groups is 1. The van der Waals surface area contributed by atoms with E-state index in [1.54, 1.807) is 25.6 Å². The van der Waals surface area contributed by atoms with E-state index >= 15 is 0 Å². The molecule has 0 saturated carbocycles. The molecule has 0 aromatic carbocycles. The van der Waals surface area contributed by atoms with Crippen molar-refractivity contribution in [1.29, 1.82) is 0 Å². The van der Waals surface area contributed by atoms with Crippen molar-refractivity contribution in [3.8, 4) is 0 Å². The molecule has 1 aromatic heterocycles. The van der Waals surface area contributed by atoms with Crippen LogP contribution < -0.4 is 21.7 Å². The van der Waals surface area contributed by atoms with E-state index in [0.29, 0.717) is 17.9 Å². The highest BCUT2D eigenvalue weighted by atomic mass is 32.2. The monoisotopic (exact) mass is 486 g/mol. The van der Waals surface area contributed by atoms with Gasteiger partial charge in [-0.25, -0.2) is 9.78 Å². The molecule has 0 aliphatic heterocycles. The van der Waals surface area contributed by atoms with Crippen molar-refractivity contribution in [3.05, 3.63) is 18.2 Å². The molecule has 0 spiro atoms. The number of hydrogen-bond donors (Lipinski definition) is 7. The zero-order chi connectivity index (χ0) is 25.1. The van der Waals surface area contributed by atoms with Crippen molar-refractivity contribution in [2.24, 2.45) is 11.7 Å². The predicted octanol–water partition coefficient (Wildman–Crippen LogP) is -1.39. The minimum Gasteiger partial charge on any atom is -0.480 e. The Kier molecular flexibility index (Phi) is 11.9. The zero-order valence-corrected chi connectivity index (χ0v) is 20.0. The van der Waals surface area contributed by atoms with Crippen LogP contribution in [0.5, 0.6) is 0 Å². The zero-order valence-electron chi connectivity index (χ0n) is 19.2. The first-order valence-electron chi connectivity index (χ1n) is 10.5. The van der Waals surface area contributed by atoms with Crippen LogP contribution in [0.1, 0.15) is 32.9 Å². The van der Waals surface area contributed by atoms with Gasteiger partial charge in [0.25, 0.3) is 0 Å². The first kappa shape index (κ1) is 28.4. The molecule has 1 heterocycles.